The molecule has 0 radical (unpaired) electrons. The fourth-order valence-corrected chi connectivity index (χ4v) is 2.65. The number of anilines is 1. The maximum absolute atomic E-state index is 11.9. The topological polar surface area (TPSA) is 99.0 Å². The van der Waals surface area contributed by atoms with Crippen molar-refractivity contribution >= 4 is 23.6 Å². The largest absolute Gasteiger partial charge is 0.338 e. The Morgan fingerprint density at radius 2 is 2.17 bits per heavy atom. The smallest absolute Gasteiger partial charge is 0.237 e. The van der Waals surface area contributed by atoms with Gasteiger partial charge in [-0.1, -0.05) is 47.3 Å². The number of hydrogen-bond donors (Lipinski definition) is 2. The molecule has 3 N–H and O–H groups in total. The lowest BCUT2D eigenvalue weighted by Crippen LogP contribution is -2.15. The molecule has 0 bridgehead atoms. The van der Waals surface area contributed by atoms with E-state index in [1.165, 1.54) is 16.4 Å². The summed E-state index contributed by atoms with van der Waals surface area (Å²) in [4.78, 5) is 16.3. The molecule has 23 heavy (non-hydrogen) atoms. The van der Waals surface area contributed by atoms with Crippen molar-refractivity contribution in [2.24, 2.45) is 0 Å². The van der Waals surface area contributed by atoms with Gasteiger partial charge in [0.15, 0.2) is 5.16 Å². The Morgan fingerprint density at radius 3 is 2.87 bits per heavy atom. The monoisotopic (exact) mass is 329 g/mol. The van der Waals surface area contributed by atoms with Crippen molar-refractivity contribution in [1.82, 2.24) is 14.8 Å². The van der Waals surface area contributed by atoms with Gasteiger partial charge in [0.1, 0.15) is 0 Å². The average Bonchev–Trinajstić information content (AvgIpc) is 3.12. The quantitative estimate of drug-likeness (QED) is 0.550. The molecule has 0 saturated heterocycles. The van der Waals surface area contributed by atoms with E-state index in [1.807, 2.05) is 30.3 Å². The minimum absolute atomic E-state index is 0.169. The van der Waals surface area contributed by atoms with Gasteiger partial charge in [0.2, 0.25) is 11.8 Å². The maximum atomic E-state index is 11.9. The lowest BCUT2D eigenvalue weighted by atomic mass is 10.2. The van der Waals surface area contributed by atoms with E-state index in [4.69, 9.17) is 10.4 Å². The Kier molecular flexibility index (Phi) is 4.33. The molecule has 1 aromatic carbocycles. The highest BCUT2D eigenvalue weighted by molar-refractivity contribution is 7.99. The standard InChI is InChI=1S/C15H15N5O2S/c1-10-7-14(22-19-10)18-13(21)9-23-15-17-12(8-20(15)16)11-5-3-2-4-6-11/h2-8H,9,16H2,1H3,(H,18,21). The molecule has 1 amide bonds. The van der Waals surface area contributed by atoms with Crippen LogP contribution >= 0.6 is 11.8 Å². The summed E-state index contributed by atoms with van der Waals surface area (Å²) >= 11 is 1.25. The van der Waals surface area contributed by atoms with Crippen molar-refractivity contribution in [3.63, 3.8) is 0 Å². The van der Waals surface area contributed by atoms with Crippen LogP contribution in [0.1, 0.15) is 5.69 Å². The average molecular weight is 329 g/mol. The predicted molar refractivity (Wildman–Crippen MR) is 88.4 cm³/mol. The Morgan fingerprint density at radius 1 is 1.39 bits per heavy atom. The van der Waals surface area contributed by atoms with Crippen LogP contribution in [-0.4, -0.2) is 26.5 Å². The Balaban J connectivity index is 1.62. The van der Waals surface area contributed by atoms with Crippen LogP contribution in [-0.2, 0) is 4.79 Å². The van der Waals surface area contributed by atoms with E-state index in [-0.39, 0.29) is 11.7 Å². The number of nitrogens with two attached hydrogens (primary N) is 1. The lowest BCUT2D eigenvalue weighted by molar-refractivity contribution is -0.113. The zero-order valence-electron chi connectivity index (χ0n) is 12.4. The number of imidazole rings is 1. The molecule has 0 unspecified atom stereocenters. The number of carbonyl (C=O) groups is 1. The van der Waals surface area contributed by atoms with Crippen molar-refractivity contribution in [3.8, 4) is 11.3 Å². The van der Waals surface area contributed by atoms with Gasteiger partial charge < -0.3 is 10.4 Å². The van der Waals surface area contributed by atoms with Crippen molar-refractivity contribution in [3.05, 3.63) is 48.3 Å². The number of nitrogens with one attached hydrogen (secondary N) is 1. The molecule has 3 aromatic rings. The van der Waals surface area contributed by atoms with E-state index in [2.05, 4.69) is 15.5 Å². The Bertz CT molecular complexity index is 812. The summed E-state index contributed by atoms with van der Waals surface area (Å²) in [6.45, 7) is 1.78. The first-order valence-corrected chi connectivity index (χ1v) is 7.86. The molecule has 0 aliphatic carbocycles. The van der Waals surface area contributed by atoms with Gasteiger partial charge >= 0.3 is 0 Å². The number of carbonyl (C=O) groups excluding carboxylic acids is 1. The molecule has 0 aliphatic rings. The highest BCUT2D eigenvalue weighted by atomic mass is 32.2. The molecule has 3 rings (SSSR count). The minimum atomic E-state index is -0.213. The van der Waals surface area contributed by atoms with Crippen molar-refractivity contribution in [1.29, 1.82) is 0 Å². The number of rotatable bonds is 5. The van der Waals surface area contributed by atoms with E-state index in [1.54, 1.807) is 19.2 Å². The Hall–Kier alpha value is -2.74. The van der Waals surface area contributed by atoms with E-state index in [9.17, 15) is 4.79 Å². The molecular weight excluding hydrogens is 314 g/mol. The molecule has 0 saturated carbocycles. The summed E-state index contributed by atoms with van der Waals surface area (Å²) in [7, 11) is 0. The molecule has 8 heteroatoms. The fourth-order valence-electron chi connectivity index (χ4n) is 1.96. The number of aryl methyl sites for hydroxylation is 1. The van der Waals surface area contributed by atoms with Crippen LogP contribution in [0.3, 0.4) is 0 Å². The molecule has 0 spiro atoms. The van der Waals surface area contributed by atoms with Gasteiger partial charge in [0, 0.05) is 11.6 Å². The number of hydrogen-bond acceptors (Lipinski definition) is 6. The van der Waals surface area contributed by atoms with Gasteiger partial charge in [-0.3, -0.25) is 10.1 Å². The second-order valence-electron chi connectivity index (χ2n) is 4.85. The molecule has 118 valence electrons. The van der Waals surface area contributed by atoms with Gasteiger partial charge in [0.05, 0.1) is 23.3 Å². The SMILES string of the molecule is Cc1cc(NC(=O)CSc2nc(-c3ccccc3)cn2N)on1. The van der Waals surface area contributed by atoms with Crippen LogP contribution in [0.25, 0.3) is 11.3 Å². The first kappa shape index (κ1) is 15.2. The number of thioether (sulfide) groups is 1. The molecule has 7 nitrogen and oxygen atoms in total. The maximum Gasteiger partial charge on any atom is 0.237 e. The van der Waals surface area contributed by atoms with Gasteiger partial charge in [0.25, 0.3) is 0 Å². The number of nitrogen functional groups attached to an aromatic ring is 1. The lowest BCUT2D eigenvalue weighted by Gasteiger charge is -2.01. The fraction of sp³-hybridized carbons (Fsp3) is 0.133. The van der Waals surface area contributed by atoms with Gasteiger partial charge in [-0.15, -0.1) is 0 Å². The predicted octanol–water partition coefficient (Wildman–Crippen LogP) is 2.29. The van der Waals surface area contributed by atoms with Crippen molar-refractivity contribution < 1.29 is 9.32 Å². The number of benzene rings is 1. The second kappa shape index (κ2) is 6.57. The van der Waals surface area contributed by atoms with Crippen LogP contribution < -0.4 is 11.2 Å². The summed E-state index contributed by atoms with van der Waals surface area (Å²) in [5.74, 6) is 6.18. The van der Waals surface area contributed by atoms with Gasteiger partial charge in [-0.2, -0.15) is 0 Å². The van der Waals surface area contributed by atoms with E-state index < -0.39 is 0 Å². The van der Waals surface area contributed by atoms with Crippen molar-refractivity contribution in [2.75, 3.05) is 16.9 Å². The molecule has 0 aliphatic heterocycles. The number of amides is 1. The van der Waals surface area contributed by atoms with Crippen LogP contribution in [0, 0.1) is 6.92 Å². The first-order chi connectivity index (χ1) is 11.1. The van der Waals surface area contributed by atoms with Gasteiger partial charge in [-0.05, 0) is 6.92 Å². The third-order valence-electron chi connectivity index (χ3n) is 2.99. The second-order valence-corrected chi connectivity index (χ2v) is 5.79. The zero-order chi connectivity index (χ0) is 16.2. The highest BCUT2D eigenvalue weighted by Gasteiger charge is 2.12. The molecule has 0 atom stereocenters. The summed E-state index contributed by atoms with van der Waals surface area (Å²) in [6, 6.07) is 11.4. The van der Waals surface area contributed by atoms with Crippen LogP contribution in [0.15, 0.2) is 52.3 Å². The van der Waals surface area contributed by atoms with Crippen molar-refractivity contribution in [2.45, 2.75) is 12.1 Å². The van der Waals surface area contributed by atoms with Crippen LogP contribution in [0.4, 0.5) is 5.88 Å². The molecule has 2 heterocycles. The van der Waals surface area contributed by atoms with E-state index >= 15 is 0 Å². The van der Waals surface area contributed by atoms with Crippen LogP contribution in [0.5, 0.6) is 0 Å². The molecule has 0 fully saturated rings. The summed E-state index contributed by atoms with van der Waals surface area (Å²) in [6.07, 6.45) is 1.73. The summed E-state index contributed by atoms with van der Waals surface area (Å²) in [5.41, 5.74) is 2.44. The molecule has 2 aromatic heterocycles. The van der Waals surface area contributed by atoms with Gasteiger partial charge in [-0.25, -0.2) is 9.66 Å². The van der Waals surface area contributed by atoms with E-state index in [0.29, 0.717) is 16.7 Å². The number of nitrogens with zero attached hydrogens (tertiary/aromatic N) is 3. The third-order valence-corrected chi connectivity index (χ3v) is 3.96. The van der Waals surface area contributed by atoms with Crippen LogP contribution in [0.2, 0.25) is 0 Å². The third kappa shape index (κ3) is 3.72. The van der Waals surface area contributed by atoms with E-state index in [0.717, 1.165) is 11.3 Å². The minimum Gasteiger partial charge on any atom is -0.338 e. The number of aromatic nitrogens is 3. The molecular formula is C15H15N5O2S. The highest BCUT2D eigenvalue weighted by Crippen LogP contribution is 2.22. The Labute approximate surface area is 136 Å². The first-order valence-electron chi connectivity index (χ1n) is 6.87. The summed E-state index contributed by atoms with van der Waals surface area (Å²) < 4.78 is 6.35. The zero-order valence-corrected chi connectivity index (χ0v) is 13.2. The summed E-state index contributed by atoms with van der Waals surface area (Å²) in [5, 5.41) is 6.89. The normalized spacial score (nSPS) is 10.7.